The van der Waals surface area contributed by atoms with Gasteiger partial charge >= 0.3 is 6.18 Å². The molecule has 1 aromatic rings. The Morgan fingerprint density at radius 1 is 1.36 bits per heavy atom. The van der Waals surface area contributed by atoms with Gasteiger partial charge in [0, 0.05) is 0 Å². The summed E-state index contributed by atoms with van der Waals surface area (Å²) in [6.07, 6.45) is -3.40. The van der Waals surface area contributed by atoms with Crippen molar-refractivity contribution in [3.63, 3.8) is 0 Å². The third-order valence-corrected chi connectivity index (χ3v) is 4.19. The molecule has 1 saturated heterocycles. The number of nitrogens with zero attached hydrogens (tertiary/aromatic N) is 1. The molecule has 138 valence electrons. The number of hydrogen-bond donors (Lipinski definition) is 2. The largest absolute Gasteiger partial charge is 0.405 e. The summed E-state index contributed by atoms with van der Waals surface area (Å²) in [7, 11) is 0. The Bertz CT molecular complexity index is 652. The Hall–Kier alpha value is -1.80. The van der Waals surface area contributed by atoms with Crippen LogP contribution in [0.15, 0.2) is 18.2 Å². The lowest BCUT2D eigenvalue weighted by molar-refractivity contribution is -0.141. The van der Waals surface area contributed by atoms with Crippen LogP contribution in [0.2, 0.25) is 5.02 Å². The van der Waals surface area contributed by atoms with Crippen molar-refractivity contribution in [2.24, 2.45) is 0 Å². The van der Waals surface area contributed by atoms with Crippen LogP contribution in [0.3, 0.4) is 0 Å². The summed E-state index contributed by atoms with van der Waals surface area (Å²) >= 11 is 6.05. The zero-order valence-corrected chi connectivity index (χ0v) is 14.4. The first-order valence-electron chi connectivity index (χ1n) is 7.80. The predicted octanol–water partition coefficient (Wildman–Crippen LogP) is 2.73. The summed E-state index contributed by atoms with van der Waals surface area (Å²) in [4.78, 5) is 25.7. The number of anilines is 1. The van der Waals surface area contributed by atoms with Gasteiger partial charge < -0.3 is 10.6 Å². The minimum absolute atomic E-state index is 0.0890. The van der Waals surface area contributed by atoms with E-state index in [0.717, 1.165) is 5.56 Å². The Labute approximate surface area is 148 Å². The molecule has 2 rings (SSSR count). The highest BCUT2D eigenvalue weighted by molar-refractivity contribution is 6.33. The third-order valence-electron chi connectivity index (χ3n) is 3.87. The Balaban J connectivity index is 1.91. The van der Waals surface area contributed by atoms with Crippen molar-refractivity contribution in [1.82, 2.24) is 10.2 Å². The van der Waals surface area contributed by atoms with Crippen LogP contribution in [0.25, 0.3) is 0 Å². The number of halogens is 4. The molecule has 1 aliphatic rings. The van der Waals surface area contributed by atoms with Gasteiger partial charge in [0.15, 0.2) is 0 Å². The van der Waals surface area contributed by atoms with Crippen LogP contribution in [0, 0.1) is 6.92 Å². The summed E-state index contributed by atoms with van der Waals surface area (Å²) in [5.74, 6) is -1.09. The molecule has 1 aliphatic heterocycles. The van der Waals surface area contributed by atoms with Crippen molar-refractivity contribution >= 4 is 29.1 Å². The van der Waals surface area contributed by atoms with Crippen LogP contribution in [0.4, 0.5) is 18.9 Å². The highest BCUT2D eigenvalue weighted by atomic mass is 35.5. The molecule has 25 heavy (non-hydrogen) atoms. The lowest BCUT2D eigenvalue weighted by Crippen LogP contribution is -2.47. The number of alkyl halides is 3. The fourth-order valence-corrected chi connectivity index (χ4v) is 3.00. The van der Waals surface area contributed by atoms with Crippen molar-refractivity contribution in [3.05, 3.63) is 28.8 Å². The van der Waals surface area contributed by atoms with E-state index in [0.29, 0.717) is 30.1 Å². The standard InChI is InChI=1S/C16H19ClF3N3O2/c1-10-4-5-12(11(17)7-10)22-14(24)8-23-6-2-3-13(23)15(25)21-9-16(18,19)20/h4-5,7,13H,2-3,6,8-9H2,1H3,(H,21,25)(H,22,24)/t13-/m0/s1. The smallest absolute Gasteiger partial charge is 0.346 e. The second kappa shape index (κ2) is 8.05. The maximum atomic E-state index is 12.2. The lowest BCUT2D eigenvalue weighted by atomic mass is 10.2. The van der Waals surface area contributed by atoms with E-state index in [-0.39, 0.29) is 12.5 Å². The van der Waals surface area contributed by atoms with Crippen LogP contribution in [-0.2, 0) is 9.59 Å². The first-order valence-corrected chi connectivity index (χ1v) is 8.18. The second-order valence-electron chi connectivity index (χ2n) is 5.99. The SMILES string of the molecule is Cc1ccc(NC(=O)CN2CCC[C@H]2C(=O)NCC(F)(F)F)c(Cl)c1. The Morgan fingerprint density at radius 2 is 2.08 bits per heavy atom. The number of likely N-dealkylation sites (tertiary alicyclic amines) is 1. The molecule has 2 amide bonds. The average Bonchev–Trinajstić information content (AvgIpc) is 2.95. The normalized spacial score (nSPS) is 18.2. The van der Waals surface area contributed by atoms with Gasteiger partial charge in [0.2, 0.25) is 11.8 Å². The van der Waals surface area contributed by atoms with Crippen molar-refractivity contribution in [2.45, 2.75) is 32.0 Å². The maximum Gasteiger partial charge on any atom is 0.405 e. The fraction of sp³-hybridized carbons (Fsp3) is 0.500. The fourth-order valence-electron chi connectivity index (χ4n) is 2.71. The topological polar surface area (TPSA) is 61.4 Å². The van der Waals surface area contributed by atoms with E-state index < -0.39 is 24.7 Å². The van der Waals surface area contributed by atoms with Crippen LogP contribution in [0.1, 0.15) is 18.4 Å². The van der Waals surface area contributed by atoms with Gasteiger partial charge in [0.1, 0.15) is 6.54 Å². The number of carbonyl (C=O) groups is 2. The third kappa shape index (κ3) is 5.89. The summed E-state index contributed by atoms with van der Waals surface area (Å²) in [5, 5.41) is 4.93. The zero-order chi connectivity index (χ0) is 18.6. The second-order valence-corrected chi connectivity index (χ2v) is 6.40. The van der Waals surface area contributed by atoms with Gasteiger partial charge in [-0.3, -0.25) is 14.5 Å². The first kappa shape index (κ1) is 19.5. The molecule has 0 aliphatic carbocycles. The summed E-state index contributed by atoms with van der Waals surface area (Å²) in [6, 6.07) is 4.44. The molecule has 1 atom stereocenters. The molecule has 9 heteroatoms. The zero-order valence-electron chi connectivity index (χ0n) is 13.6. The minimum Gasteiger partial charge on any atom is -0.346 e. The summed E-state index contributed by atoms with van der Waals surface area (Å²) in [6.45, 7) is 0.876. The maximum absolute atomic E-state index is 12.2. The van der Waals surface area contributed by atoms with Gasteiger partial charge in [0.25, 0.3) is 0 Å². The van der Waals surface area contributed by atoms with Crippen LogP contribution >= 0.6 is 11.6 Å². The summed E-state index contributed by atoms with van der Waals surface area (Å²) < 4.78 is 36.6. The van der Waals surface area contributed by atoms with E-state index in [4.69, 9.17) is 11.6 Å². The number of hydrogen-bond acceptors (Lipinski definition) is 3. The lowest BCUT2D eigenvalue weighted by Gasteiger charge is -2.23. The van der Waals surface area contributed by atoms with Crippen molar-refractivity contribution in [3.8, 4) is 0 Å². The monoisotopic (exact) mass is 377 g/mol. The van der Waals surface area contributed by atoms with Gasteiger partial charge in [-0.1, -0.05) is 17.7 Å². The van der Waals surface area contributed by atoms with Gasteiger partial charge in [0.05, 0.1) is 23.3 Å². The summed E-state index contributed by atoms with van der Waals surface area (Å²) in [5.41, 5.74) is 1.40. The average molecular weight is 378 g/mol. The number of amides is 2. The van der Waals surface area contributed by atoms with E-state index >= 15 is 0 Å². The van der Waals surface area contributed by atoms with Crippen molar-refractivity contribution in [1.29, 1.82) is 0 Å². The highest BCUT2D eigenvalue weighted by Gasteiger charge is 2.34. The number of nitrogens with one attached hydrogen (secondary N) is 2. The Kier molecular flexibility index (Phi) is 6.29. The molecule has 1 aromatic carbocycles. The molecule has 1 fully saturated rings. The Morgan fingerprint density at radius 3 is 2.72 bits per heavy atom. The van der Waals surface area contributed by atoms with Gasteiger partial charge in [-0.05, 0) is 44.0 Å². The van der Waals surface area contributed by atoms with Gasteiger partial charge in [-0.2, -0.15) is 13.2 Å². The van der Waals surface area contributed by atoms with E-state index in [1.807, 2.05) is 12.2 Å². The first-order chi connectivity index (χ1) is 11.7. The van der Waals surface area contributed by atoms with E-state index in [2.05, 4.69) is 5.32 Å². The van der Waals surface area contributed by atoms with Gasteiger partial charge in [-0.15, -0.1) is 0 Å². The quantitative estimate of drug-likeness (QED) is 0.829. The number of carbonyl (C=O) groups excluding carboxylic acids is 2. The molecule has 0 spiro atoms. The molecule has 2 N–H and O–H groups in total. The van der Waals surface area contributed by atoms with Gasteiger partial charge in [-0.25, -0.2) is 0 Å². The molecule has 0 saturated carbocycles. The molecule has 5 nitrogen and oxygen atoms in total. The van der Waals surface area contributed by atoms with E-state index in [1.165, 1.54) is 0 Å². The van der Waals surface area contributed by atoms with E-state index in [9.17, 15) is 22.8 Å². The van der Waals surface area contributed by atoms with Crippen LogP contribution in [0.5, 0.6) is 0 Å². The van der Waals surface area contributed by atoms with Crippen molar-refractivity contribution in [2.75, 3.05) is 25.0 Å². The molecule has 0 aromatic heterocycles. The molecule has 0 radical (unpaired) electrons. The molecule has 0 unspecified atom stereocenters. The van der Waals surface area contributed by atoms with Crippen molar-refractivity contribution < 1.29 is 22.8 Å². The van der Waals surface area contributed by atoms with Crippen LogP contribution in [-0.4, -0.2) is 48.6 Å². The minimum atomic E-state index is -4.46. The highest BCUT2D eigenvalue weighted by Crippen LogP contribution is 2.23. The number of aryl methyl sites for hydroxylation is 1. The predicted molar refractivity (Wildman–Crippen MR) is 88.5 cm³/mol. The molecular formula is C16H19ClF3N3O2. The number of benzene rings is 1. The number of rotatable bonds is 5. The molecular weight excluding hydrogens is 359 g/mol. The molecule has 1 heterocycles. The molecule has 0 bridgehead atoms. The van der Waals surface area contributed by atoms with E-state index in [1.54, 1.807) is 23.1 Å². The van der Waals surface area contributed by atoms with Crippen LogP contribution < -0.4 is 10.6 Å².